The van der Waals surface area contributed by atoms with Crippen molar-refractivity contribution in [2.24, 2.45) is 11.3 Å². The van der Waals surface area contributed by atoms with E-state index in [-0.39, 0.29) is 22.9 Å². The molecule has 1 aliphatic heterocycles. The Kier molecular flexibility index (Phi) is 6.27. The number of nitrogens with zero attached hydrogens (tertiary/aromatic N) is 2. The molecule has 0 aromatic carbocycles. The molecule has 0 spiro atoms. The Bertz CT molecular complexity index is 861. The lowest BCUT2D eigenvalue weighted by Crippen LogP contribution is -2.45. The van der Waals surface area contributed by atoms with Crippen molar-refractivity contribution in [1.82, 2.24) is 16.0 Å². The zero-order valence-corrected chi connectivity index (χ0v) is 15.5. The molecule has 0 unspecified atom stereocenters. The molecule has 1 atom stereocenters. The molecule has 27 heavy (non-hydrogen) atoms. The maximum Gasteiger partial charge on any atom is 0.321 e. The number of carbonyl (C=O) groups excluding carboxylic acids is 3. The fourth-order valence-electron chi connectivity index (χ4n) is 2.46. The molecule has 0 aliphatic carbocycles. The van der Waals surface area contributed by atoms with Gasteiger partial charge in [-0.3, -0.25) is 14.9 Å². The van der Waals surface area contributed by atoms with Crippen LogP contribution in [0.15, 0.2) is 33.4 Å². The van der Waals surface area contributed by atoms with Gasteiger partial charge in [0.1, 0.15) is 11.7 Å². The number of furan rings is 1. The van der Waals surface area contributed by atoms with E-state index in [1.54, 1.807) is 26.0 Å². The molecule has 1 aromatic heterocycles. The Morgan fingerprint density at radius 3 is 2.74 bits per heavy atom. The van der Waals surface area contributed by atoms with Gasteiger partial charge in [0.15, 0.2) is 0 Å². The number of nitriles is 2. The second-order valence-electron chi connectivity index (χ2n) is 6.19. The van der Waals surface area contributed by atoms with Crippen molar-refractivity contribution >= 4 is 29.6 Å². The third kappa shape index (κ3) is 4.68. The van der Waals surface area contributed by atoms with Gasteiger partial charge in [-0.05, 0) is 12.1 Å². The summed E-state index contributed by atoms with van der Waals surface area (Å²) in [5, 5.41) is 25.9. The van der Waals surface area contributed by atoms with Crippen LogP contribution >= 0.6 is 11.8 Å². The molecule has 140 valence electrons. The quantitative estimate of drug-likeness (QED) is 0.691. The summed E-state index contributed by atoms with van der Waals surface area (Å²) in [5.74, 6) is -1.79. The lowest BCUT2D eigenvalue weighted by Gasteiger charge is -2.34. The van der Waals surface area contributed by atoms with Crippen molar-refractivity contribution in [2.75, 3.05) is 5.75 Å². The van der Waals surface area contributed by atoms with Gasteiger partial charge in [-0.15, -0.1) is 0 Å². The molecule has 9 nitrogen and oxygen atoms in total. The van der Waals surface area contributed by atoms with E-state index in [0.717, 1.165) is 11.8 Å². The summed E-state index contributed by atoms with van der Waals surface area (Å²) >= 11 is 0.920. The van der Waals surface area contributed by atoms with Crippen LogP contribution < -0.4 is 16.0 Å². The summed E-state index contributed by atoms with van der Waals surface area (Å²) in [4.78, 5) is 35.7. The van der Waals surface area contributed by atoms with Crippen LogP contribution in [-0.4, -0.2) is 23.6 Å². The predicted molar refractivity (Wildman–Crippen MR) is 95.2 cm³/mol. The fourth-order valence-corrected chi connectivity index (χ4v) is 3.43. The van der Waals surface area contributed by atoms with Gasteiger partial charge in [0, 0.05) is 5.41 Å². The Morgan fingerprint density at radius 1 is 1.41 bits per heavy atom. The third-order valence-corrected chi connectivity index (χ3v) is 4.94. The highest BCUT2D eigenvalue weighted by atomic mass is 32.2. The number of allylic oxidation sites excluding steroid dienone is 1. The van der Waals surface area contributed by atoms with Crippen molar-refractivity contribution in [3.05, 3.63) is 34.8 Å². The number of hydrogen-bond acceptors (Lipinski definition) is 7. The topological polar surface area (TPSA) is 148 Å². The number of rotatable bonds is 5. The van der Waals surface area contributed by atoms with Crippen LogP contribution in [0, 0.1) is 34.0 Å². The molecule has 2 heterocycles. The SMILES string of the molecule is CC1(C)C(C#N)=C(SCC(=O)NC(=O)NCc2ccco2)NC(=O)[C@H]1C#N. The Labute approximate surface area is 159 Å². The van der Waals surface area contributed by atoms with E-state index >= 15 is 0 Å². The molecule has 4 amide bonds. The largest absolute Gasteiger partial charge is 0.467 e. The van der Waals surface area contributed by atoms with Crippen molar-refractivity contribution in [3.8, 4) is 12.1 Å². The van der Waals surface area contributed by atoms with E-state index < -0.39 is 29.2 Å². The van der Waals surface area contributed by atoms with Crippen LogP contribution in [0.3, 0.4) is 0 Å². The Hall–Kier alpha value is -3.24. The molecule has 2 rings (SSSR count). The molecule has 0 saturated carbocycles. The number of amides is 4. The molecule has 0 fully saturated rings. The molecule has 10 heteroatoms. The van der Waals surface area contributed by atoms with Gasteiger partial charge < -0.3 is 15.1 Å². The Morgan fingerprint density at radius 2 is 2.15 bits per heavy atom. The zero-order valence-electron chi connectivity index (χ0n) is 14.7. The molecular formula is C17H17N5O4S. The smallest absolute Gasteiger partial charge is 0.321 e. The van der Waals surface area contributed by atoms with Crippen molar-refractivity contribution in [3.63, 3.8) is 0 Å². The predicted octanol–water partition coefficient (Wildman–Crippen LogP) is 1.37. The molecule has 0 bridgehead atoms. The van der Waals surface area contributed by atoms with Gasteiger partial charge in [0.25, 0.3) is 0 Å². The number of hydrogen-bond donors (Lipinski definition) is 3. The molecular weight excluding hydrogens is 370 g/mol. The van der Waals surface area contributed by atoms with Crippen molar-refractivity contribution in [1.29, 1.82) is 10.5 Å². The highest BCUT2D eigenvalue weighted by molar-refractivity contribution is 8.03. The number of carbonyl (C=O) groups is 3. The van der Waals surface area contributed by atoms with Crippen LogP contribution in [0.1, 0.15) is 19.6 Å². The Balaban J connectivity index is 1.94. The van der Waals surface area contributed by atoms with Crippen molar-refractivity contribution in [2.45, 2.75) is 20.4 Å². The number of nitrogens with one attached hydrogen (secondary N) is 3. The van der Waals surface area contributed by atoms with E-state index in [1.165, 1.54) is 6.26 Å². The molecule has 3 N–H and O–H groups in total. The lowest BCUT2D eigenvalue weighted by molar-refractivity contribution is -0.125. The first-order chi connectivity index (χ1) is 12.8. The zero-order chi connectivity index (χ0) is 20.0. The highest BCUT2D eigenvalue weighted by Crippen LogP contribution is 2.41. The van der Waals surface area contributed by atoms with E-state index in [0.29, 0.717) is 5.76 Å². The third-order valence-electron chi connectivity index (χ3n) is 3.94. The van der Waals surface area contributed by atoms with Crippen LogP contribution in [0.25, 0.3) is 0 Å². The second kappa shape index (κ2) is 8.43. The van der Waals surface area contributed by atoms with Gasteiger partial charge in [-0.2, -0.15) is 10.5 Å². The van der Waals surface area contributed by atoms with Gasteiger partial charge in [-0.25, -0.2) is 4.79 Å². The summed E-state index contributed by atoms with van der Waals surface area (Å²) < 4.78 is 5.06. The van der Waals surface area contributed by atoms with Crippen LogP contribution in [0.2, 0.25) is 0 Å². The summed E-state index contributed by atoms with van der Waals surface area (Å²) in [6.07, 6.45) is 1.47. The lowest BCUT2D eigenvalue weighted by atomic mass is 9.72. The summed E-state index contributed by atoms with van der Waals surface area (Å²) in [6.45, 7) is 3.38. The number of imide groups is 1. The summed E-state index contributed by atoms with van der Waals surface area (Å²) in [5.41, 5.74) is -0.765. The van der Waals surface area contributed by atoms with Gasteiger partial charge in [-0.1, -0.05) is 25.6 Å². The highest BCUT2D eigenvalue weighted by Gasteiger charge is 2.44. The molecule has 1 aromatic rings. The molecule has 0 saturated heterocycles. The van der Waals surface area contributed by atoms with E-state index in [9.17, 15) is 19.6 Å². The first kappa shape index (κ1) is 20.1. The van der Waals surface area contributed by atoms with Crippen molar-refractivity contribution < 1.29 is 18.8 Å². The number of thioether (sulfide) groups is 1. The van der Waals surface area contributed by atoms with Crippen LogP contribution in [0.5, 0.6) is 0 Å². The minimum Gasteiger partial charge on any atom is -0.467 e. The van der Waals surface area contributed by atoms with Gasteiger partial charge in [0.2, 0.25) is 11.8 Å². The second-order valence-corrected chi connectivity index (χ2v) is 7.17. The first-order valence-corrected chi connectivity index (χ1v) is 8.86. The van der Waals surface area contributed by atoms with E-state index in [4.69, 9.17) is 9.68 Å². The minimum atomic E-state index is -1.00. The summed E-state index contributed by atoms with van der Waals surface area (Å²) in [6, 6.07) is 6.56. The van der Waals surface area contributed by atoms with Crippen LogP contribution in [-0.2, 0) is 16.1 Å². The first-order valence-electron chi connectivity index (χ1n) is 7.87. The maximum absolute atomic E-state index is 12.1. The molecule has 1 aliphatic rings. The molecule has 0 radical (unpaired) electrons. The monoisotopic (exact) mass is 387 g/mol. The normalized spacial score (nSPS) is 18.1. The van der Waals surface area contributed by atoms with Gasteiger partial charge >= 0.3 is 6.03 Å². The maximum atomic E-state index is 12.1. The average Bonchev–Trinajstić information content (AvgIpc) is 3.11. The average molecular weight is 387 g/mol. The summed E-state index contributed by atoms with van der Waals surface area (Å²) in [7, 11) is 0. The minimum absolute atomic E-state index is 0.128. The number of urea groups is 1. The van der Waals surface area contributed by atoms with E-state index in [2.05, 4.69) is 16.0 Å². The van der Waals surface area contributed by atoms with Gasteiger partial charge in [0.05, 0.1) is 41.3 Å². The standard InChI is InChI=1S/C17H17N5O4S/c1-17(2)11(6-18)14(24)22-15(12(17)7-19)27-9-13(23)21-16(25)20-8-10-4-3-5-26-10/h3-5,11H,8-9H2,1-2H3,(H,22,24)(H2,20,21,23,25)/t11-/m1/s1. The fraction of sp³-hybridized carbons (Fsp3) is 0.353. The van der Waals surface area contributed by atoms with Crippen LogP contribution in [0.4, 0.5) is 4.79 Å². The van der Waals surface area contributed by atoms with E-state index in [1.807, 2.05) is 12.1 Å².